The molecule has 0 heterocycles. The molecule has 0 aliphatic rings. The van der Waals surface area contributed by atoms with Crippen molar-refractivity contribution in [2.75, 3.05) is 0 Å². The maximum Gasteiger partial charge on any atom is 0.416 e. The molecule has 1 aromatic rings. The van der Waals surface area contributed by atoms with Gasteiger partial charge in [0, 0.05) is 5.56 Å². The standard InChI is InChI=1S/C9H4F3NO/c10-9(11,12)8-2-1-6(4-13)7(3-8)5-14/h1-3,5H. The Morgan fingerprint density at radius 1 is 1.36 bits per heavy atom. The Kier molecular flexibility index (Phi) is 2.56. The molecule has 0 aromatic heterocycles. The largest absolute Gasteiger partial charge is 0.416 e. The summed E-state index contributed by atoms with van der Waals surface area (Å²) in [6, 6.07) is 4.03. The molecule has 0 radical (unpaired) electrons. The number of hydrogen-bond acceptors (Lipinski definition) is 2. The van der Waals surface area contributed by atoms with Crippen molar-refractivity contribution < 1.29 is 18.0 Å². The van der Waals surface area contributed by atoms with Crippen LogP contribution >= 0.6 is 0 Å². The molecule has 0 saturated heterocycles. The lowest BCUT2D eigenvalue weighted by atomic mass is 10.1. The zero-order valence-electron chi connectivity index (χ0n) is 6.80. The van der Waals surface area contributed by atoms with Gasteiger partial charge in [0.25, 0.3) is 0 Å². The number of nitrogens with zero attached hydrogens (tertiary/aromatic N) is 1. The van der Waals surface area contributed by atoms with E-state index in [0.29, 0.717) is 6.07 Å². The lowest BCUT2D eigenvalue weighted by Crippen LogP contribution is -2.06. The third-order valence-corrected chi connectivity index (χ3v) is 1.63. The minimum atomic E-state index is -4.49. The van der Waals surface area contributed by atoms with E-state index in [1.807, 2.05) is 0 Å². The monoisotopic (exact) mass is 199 g/mol. The predicted molar refractivity (Wildman–Crippen MR) is 41.5 cm³/mol. The summed E-state index contributed by atoms with van der Waals surface area (Å²) in [5.41, 5.74) is -1.24. The highest BCUT2D eigenvalue weighted by Crippen LogP contribution is 2.30. The first-order valence-electron chi connectivity index (χ1n) is 3.55. The zero-order chi connectivity index (χ0) is 10.8. The number of halogens is 3. The van der Waals surface area contributed by atoms with Crippen molar-refractivity contribution in [3.8, 4) is 6.07 Å². The quantitative estimate of drug-likeness (QED) is 0.651. The van der Waals surface area contributed by atoms with E-state index in [1.165, 1.54) is 0 Å². The predicted octanol–water partition coefficient (Wildman–Crippen LogP) is 2.39. The number of hydrogen-bond donors (Lipinski definition) is 0. The van der Waals surface area contributed by atoms with E-state index in [9.17, 15) is 18.0 Å². The van der Waals surface area contributed by atoms with Crippen LogP contribution in [-0.2, 0) is 6.18 Å². The van der Waals surface area contributed by atoms with Crippen LogP contribution < -0.4 is 0 Å². The summed E-state index contributed by atoms with van der Waals surface area (Å²) in [6.45, 7) is 0. The first-order valence-corrected chi connectivity index (χ1v) is 3.55. The van der Waals surface area contributed by atoms with Gasteiger partial charge in [-0.3, -0.25) is 4.79 Å². The summed E-state index contributed by atoms with van der Waals surface area (Å²) in [7, 11) is 0. The van der Waals surface area contributed by atoms with Crippen molar-refractivity contribution in [2.24, 2.45) is 0 Å². The number of alkyl halides is 3. The molecule has 0 fully saturated rings. The van der Waals surface area contributed by atoms with Crippen LogP contribution in [-0.4, -0.2) is 6.29 Å². The molecule has 0 spiro atoms. The van der Waals surface area contributed by atoms with Gasteiger partial charge in [0.05, 0.1) is 17.2 Å². The molecule has 0 aliphatic carbocycles. The molecule has 0 unspecified atom stereocenters. The summed E-state index contributed by atoms with van der Waals surface area (Å²) in [6.07, 6.45) is -4.26. The van der Waals surface area contributed by atoms with Crippen molar-refractivity contribution in [1.82, 2.24) is 0 Å². The minimum absolute atomic E-state index is 0.0620. The molecular formula is C9H4F3NO. The third kappa shape index (κ3) is 1.91. The van der Waals surface area contributed by atoms with E-state index in [4.69, 9.17) is 5.26 Å². The Balaban J connectivity index is 3.30. The lowest BCUT2D eigenvalue weighted by molar-refractivity contribution is -0.137. The fourth-order valence-corrected chi connectivity index (χ4v) is 0.938. The number of aldehydes is 1. The van der Waals surface area contributed by atoms with Crippen molar-refractivity contribution in [1.29, 1.82) is 5.26 Å². The SMILES string of the molecule is N#Cc1ccc(C(F)(F)F)cc1C=O. The molecule has 2 nitrogen and oxygen atoms in total. The average Bonchev–Trinajstić information content (AvgIpc) is 2.15. The molecule has 1 aromatic carbocycles. The highest BCUT2D eigenvalue weighted by atomic mass is 19.4. The topological polar surface area (TPSA) is 40.9 Å². The second-order valence-corrected chi connectivity index (χ2v) is 2.53. The van der Waals surface area contributed by atoms with Gasteiger partial charge in [-0.05, 0) is 18.2 Å². The molecule has 0 atom stereocenters. The molecule has 0 bridgehead atoms. The summed E-state index contributed by atoms with van der Waals surface area (Å²) in [5, 5.41) is 8.45. The number of rotatable bonds is 1. The fourth-order valence-electron chi connectivity index (χ4n) is 0.938. The van der Waals surface area contributed by atoms with E-state index in [1.54, 1.807) is 6.07 Å². The highest BCUT2D eigenvalue weighted by molar-refractivity contribution is 5.79. The van der Waals surface area contributed by atoms with Gasteiger partial charge in [0.2, 0.25) is 0 Å². The Morgan fingerprint density at radius 2 is 2.00 bits per heavy atom. The Morgan fingerprint density at radius 3 is 2.43 bits per heavy atom. The van der Waals surface area contributed by atoms with E-state index < -0.39 is 11.7 Å². The first kappa shape index (κ1) is 10.3. The molecule has 5 heteroatoms. The van der Waals surface area contributed by atoms with E-state index in [0.717, 1.165) is 12.1 Å². The van der Waals surface area contributed by atoms with Crippen LogP contribution in [0.2, 0.25) is 0 Å². The van der Waals surface area contributed by atoms with Gasteiger partial charge < -0.3 is 0 Å². The van der Waals surface area contributed by atoms with Gasteiger partial charge in [-0.25, -0.2) is 0 Å². The number of nitriles is 1. The van der Waals surface area contributed by atoms with Crippen molar-refractivity contribution in [3.63, 3.8) is 0 Å². The van der Waals surface area contributed by atoms with E-state index in [-0.39, 0.29) is 17.4 Å². The Bertz CT molecular complexity index is 403. The smallest absolute Gasteiger partial charge is 0.298 e. The van der Waals surface area contributed by atoms with Crippen LogP contribution in [0.4, 0.5) is 13.2 Å². The highest BCUT2D eigenvalue weighted by Gasteiger charge is 2.30. The summed E-state index contributed by atoms with van der Waals surface area (Å²) in [5.74, 6) is 0. The molecule has 0 N–H and O–H groups in total. The lowest BCUT2D eigenvalue weighted by Gasteiger charge is -2.06. The summed E-state index contributed by atoms with van der Waals surface area (Å²) >= 11 is 0. The second kappa shape index (κ2) is 3.50. The van der Waals surface area contributed by atoms with Crippen molar-refractivity contribution >= 4 is 6.29 Å². The molecular weight excluding hydrogens is 195 g/mol. The van der Waals surface area contributed by atoms with Crippen LogP contribution in [0.5, 0.6) is 0 Å². The van der Waals surface area contributed by atoms with Gasteiger partial charge in [0.15, 0.2) is 6.29 Å². The third-order valence-electron chi connectivity index (χ3n) is 1.63. The second-order valence-electron chi connectivity index (χ2n) is 2.53. The average molecular weight is 199 g/mol. The van der Waals surface area contributed by atoms with Crippen LogP contribution in [0.3, 0.4) is 0 Å². The molecule has 0 amide bonds. The fraction of sp³-hybridized carbons (Fsp3) is 0.111. The first-order chi connectivity index (χ1) is 6.49. The molecule has 72 valence electrons. The number of carbonyl (C=O) groups excluding carboxylic acids is 1. The summed E-state index contributed by atoms with van der Waals surface area (Å²) < 4.78 is 36.4. The molecule has 0 saturated carbocycles. The van der Waals surface area contributed by atoms with Gasteiger partial charge in [-0.2, -0.15) is 18.4 Å². The summed E-state index contributed by atoms with van der Waals surface area (Å²) in [4.78, 5) is 10.3. The molecule has 14 heavy (non-hydrogen) atoms. The minimum Gasteiger partial charge on any atom is -0.298 e. The van der Waals surface area contributed by atoms with Crippen molar-refractivity contribution in [3.05, 3.63) is 34.9 Å². The van der Waals surface area contributed by atoms with Crippen molar-refractivity contribution in [2.45, 2.75) is 6.18 Å². The normalized spacial score (nSPS) is 10.7. The molecule has 0 aliphatic heterocycles. The van der Waals surface area contributed by atoms with Gasteiger partial charge >= 0.3 is 6.18 Å². The zero-order valence-corrected chi connectivity index (χ0v) is 6.80. The number of benzene rings is 1. The number of carbonyl (C=O) groups is 1. The van der Waals surface area contributed by atoms with Crippen LogP contribution in [0.1, 0.15) is 21.5 Å². The van der Waals surface area contributed by atoms with Crippen LogP contribution in [0.15, 0.2) is 18.2 Å². The Hall–Kier alpha value is -1.83. The van der Waals surface area contributed by atoms with Gasteiger partial charge in [-0.1, -0.05) is 0 Å². The maximum atomic E-state index is 12.1. The van der Waals surface area contributed by atoms with E-state index in [2.05, 4.69) is 0 Å². The van der Waals surface area contributed by atoms with Crippen LogP contribution in [0, 0.1) is 11.3 Å². The van der Waals surface area contributed by atoms with Gasteiger partial charge in [0.1, 0.15) is 0 Å². The van der Waals surface area contributed by atoms with Crippen LogP contribution in [0.25, 0.3) is 0 Å². The molecule has 1 rings (SSSR count). The maximum absolute atomic E-state index is 12.1. The van der Waals surface area contributed by atoms with Gasteiger partial charge in [-0.15, -0.1) is 0 Å². The van der Waals surface area contributed by atoms with E-state index >= 15 is 0 Å². The Labute approximate surface area is 77.6 Å².